The van der Waals surface area contributed by atoms with Gasteiger partial charge < -0.3 is 19.5 Å². The zero-order valence-corrected chi connectivity index (χ0v) is 14.3. The minimum absolute atomic E-state index is 0.0694. The lowest BCUT2D eigenvalue weighted by Crippen LogP contribution is -2.17. The number of rotatable bonds is 6. The van der Waals surface area contributed by atoms with E-state index in [0.717, 1.165) is 31.6 Å². The third kappa shape index (κ3) is 5.89. The van der Waals surface area contributed by atoms with Crippen molar-refractivity contribution in [2.75, 3.05) is 18.5 Å². The number of hydrogen-bond donors (Lipinski definition) is 1. The molecule has 0 aliphatic carbocycles. The summed E-state index contributed by atoms with van der Waals surface area (Å²) in [6.45, 7) is 1.16. The molecule has 1 aliphatic heterocycles. The van der Waals surface area contributed by atoms with Crippen molar-refractivity contribution in [2.24, 2.45) is 0 Å². The number of hydrogen-bond acceptors (Lipinski definition) is 4. The van der Waals surface area contributed by atoms with E-state index < -0.39 is 12.3 Å². The van der Waals surface area contributed by atoms with Gasteiger partial charge in [-0.2, -0.15) is 0 Å². The molecule has 1 aliphatic rings. The number of halogens is 3. The van der Waals surface area contributed by atoms with E-state index in [-0.39, 0.29) is 11.9 Å². The second-order valence-corrected chi connectivity index (χ2v) is 6.00. The van der Waals surface area contributed by atoms with Crippen LogP contribution in [0.25, 0.3) is 0 Å². The van der Waals surface area contributed by atoms with E-state index in [9.17, 15) is 18.0 Å². The molecule has 2 aromatic carbocycles. The third-order valence-corrected chi connectivity index (χ3v) is 3.90. The van der Waals surface area contributed by atoms with Crippen LogP contribution in [0, 0.1) is 0 Å². The van der Waals surface area contributed by atoms with Crippen LogP contribution in [0.4, 0.5) is 18.9 Å². The molecule has 1 N–H and O–H groups in total. The molecule has 0 bridgehead atoms. The maximum Gasteiger partial charge on any atom is 0.573 e. The van der Waals surface area contributed by atoms with E-state index in [2.05, 4.69) is 10.1 Å². The molecule has 2 aromatic rings. The number of anilines is 1. The molecule has 144 valence electrons. The van der Waals surface area contributed by atoms with Crippen molar-refractivity contribution in [3.63, 3.8) is 0 Å². The Hall–Kier alpha value is -2.74. The molecule has 3 rings (SSSR count). The van der Waals surface area contributed by atoms with Crippen LogP contribution in [0.5, 0.6) is 11.5 Å². The van der Waals surface area contributed by atoms with Crippen molar-refractivity contribution in [1.29, 1.82) is 0 Å². The van der Waals surface area contributed by atoms with E-state index in [1.54, 1.807) is 24.3 Å². The smallest absolute Gasteiger partial charge is 0.491 e. The minimum Gasteiger partial charge on any atom is -0.491 e. The fourth-order valence-corrected chi connectivity index (χ4v) is 2.64. The Balaban J connectivity index is 1.58. The standard InChI is InChI=1S/C19H18F3NO4/c20-19(21,22)27-15-8-6-14(7-9-15)23-18(24)13-3-1-4-16(11-13)26-12-17-5-2-10-25-17/h1,3-4,6-9,11,17H,2,5,10,12H2,(H,23,24). The highest BCUT2D eigenvalue weighted by atomic mass is 19.4. The van der Waals surface area contributed by atoms with Crippen molar-refractivity contribution >= 4 is 11.6 Å². The molecule has 1 heterocycles. The van der Waals surface area contributed by atoms with Crippen molar-refractivity contribution in [3.05, 3.63) is 54.1 Å². The van der Waals surface area contributed by atoms with E-state index in [4.69, 9.17) is 9.47 Å². The number of carbonyl (C=O) groups excluding carboxylic acids is 1. The summed E-state index contributed by atoms with van der Waals surface area (Å²) >= 11 is 0. The lowest BCUT2D eigenvalue weighted by Gasteiger charge is -2.12. The van der Waals surface area contributed by atoms with Gasteiger partial charge in [0.15, 0.2) is 0 Å². The van der Waals surface area contributed by atoms with E-state index >= 15 is 0 Å². The Bertz CT molecular complexity index is 771. The predicted molar refractivity (Wildman–Crippen MR) is 92.0 cm³/mol. The first kappa shape index (κ1) is 19.0. The van der Waals surface area contributed by atoms with Gasteiger partial charge in [0, 0.05) is 17.9 Å². The van der Waals surface area contributed by atoms with Crippen molar-refractivity contribution in [3.8, 4) is 11.5 Å². The summed E-state index contributed by atoms with van der Waals surface area (Å²) in [7, 11) is 0. The van der Waals surface area contributed by atoms with Crippen LogP contribution in [0.1, 0.15) is 23.2 Å². The molecule has 0 radical (unpaired) electrons. The maximum atomic E-state index is 12.3. The van der Waals surface area contributed by atoms with Crippen molar-refractivity contribution < 1.29 is 32.2 Å². The van der Waals surface area contributed by atoms with Crippen LogP contribution in [0.15, 0.2) is 48.5 Å². The van der Waals surface area contributed by atoms with Gasteiger partial charge in [-0.05, 0) is 55.3 Å². The van der Waals surface area contributed by atoms with Gasteiger partial charge in [0.2, 0.25) is 0 Å². The second-order valence-electron chi connectivity index (χ2n) is 6.00. The van der Waals surface area contributed by atoms with Gasteiger partial charge in [0.05, 0.1) is 6.10 Å². The minimum atomic E-state index is -4.76. The van der Waals surface area contributed by atoms with Gasteiger partial charge in [-0.1, -0.05) is 6.07 Å². The molecule has 27 heavy (non-hydrogen) atoms. The Labute approximate surface area is 154 Å². The molecule has 1 saturated heterocycles. The fraction of sp³-hybridized carbons (Fsp3) is 0.316. The van der Waals surface area contributed by atoms with Gasteiger partial charge in [0.1, 0.15) is 18.1 Å². The number of ether oxygens (including phenoxy) is 3. The molecule has 8 heteroatoms. The molecule has 0 aromatic heterocycles. The molecule has 1 unspecified atom stereocenters. The Morgan fingerprint density at radius 3 is 2.59 bits per heavy atom. The summed E-state index contributed by atoms with van der Waals surface area (Å²) < 4.78 is 51.4. The van der Waals surface area contributed by atoms with Crippen LogP contribution in [-0.2, 0) is 4.74 Å². The lowest BCUT2D eigenvalue weighted by atomic mass is 10.2. The number of nitrogens with one attached hydrogen (secondary N) is 1. The zero-order valence-electron chi connectivity index (χ0n) is 14.3. The maximum absolute atomic E-state index is 12.3. The fourth-order valence-electron chi connectivity index (χ4n) is 2.64. The molecular weight excluding hydrogens is 363 g/mol. The highest BCUT2D eigenvalue weighted by Crippen LogP contribution is 2.24. The van der Waals surface area contributed by atoms with Gasteiger partial charge in [0.25, 0.3) is 5.91 Å². The quantitative estimate of drug-likeness (QED) is 0.806. The average Bonchev–Trinajstić information content (AvgIpc) is 3.14. The number of alkyl halides is 3. The summed E-state index contributed by atoms with van der Waals surface area (Å²) in [6.07, 6.45) is -2.72. The Kier molecular flexibility index (Phi) is 5.85. The summed E-state index contributed by atoms with van der Waals surface area (Å²) in [5, 5.41) is 2.62. The zero-order chi connectivity index (χ0) is 19.3. The summed E-state index contributed by atoms with van der Waals surface area (Å²) in [6, 6.07) is 11.6. The largest absolute Gasteiger partial charge is 0.573 e. The highest BCUT2D eigenvalue weighted by molar-refractivity contribution is 6.04. The molecule has 0 spiro atoms. The topological polar surface area (TPSA) is 56.8 Å². The number of carbonyl (C=O) groups is 1. The normalized spacial score (nSPS) is 16.8. The SMILES string of the molecule is O=C(Nc1ccc(OC(F)(F)F)cc1)c1cccc(OCC2CCCO2)c1. The predicted octanol–water partition coefficient (Wildman–Crippen LogP) is 4.40. The molecule has 1 amide bonds. The summed E-state index contributed by atoms with van der Waals surface area (Å²) in [5.41, 5.74) is 0.718. The first-order valence-electron chi connectivity index (χ1n) is 8.41. The number of benzene rings is 2. The molecule has 1 atom stereocenters. The summed E-state index contributed by atoms with van der Waals surface area (Å²) in [4.78, 5) is 12.3. The third-order valence-electron chi connectivity index (χ3n) is 3.90. The van der Waals surface area contributed by atoms with Crippen molar-refractivity contribution in [1.82, 2.24) is 0 Å². The first-order chi connectivity index (χ1) is 12.9. The molecule has 0 saturated carbocycles. The van der Waals surface area contributed by atoms with Crippen LogP contribution in [0.2, 0.25) is 0 Å². The molecule has 1 fully saturated rings. The van der Waals surface area contributed by atoms with Gasteiger partial charge in [-0.3, -0.25) is 4.79 Å². The highest BCUT2D eigenvalue weighted by Gasteiger charge is 2.31. The molecular formula is C19H18F3NO4. The van der Waals surface area contributed by atoms with Crippen molar-refractivity contribution in [2.45, 2.75) is 25.3 Å². The average molecular weight is 381 g/mol. The molecule has 5 nitrogen and oxygen atoms in total. The number of amides is 1. The van der Waals surface area contributed by atoms with Crippen LogP contribution in [0.3, 0.4) is 0 Å². The Morgan fingerprint density at radius 1 is 1.15 bits per heavy atom. The Morgan fingerprint density at radius 2 is 1.93 bits per heavy atom. The first-order valence-corrected chi connectivity index (χ1v) is 8.41. The van der Waals surface area contributed by atoms with Gasteiger partial charge in [-0.15, -0.1) is 13.2 Å². The van der Waals surface area contributed by atoms with Crippen LogP contribution < -0.4 is 14.8 Å². The van der Waals surface area contributed by atoms with Crippen LogP contribution in [-0.4, -0.2) is 31.6 Å². The van der Waals surface area contributed by atoms with Crippen LogP contribution >= 0.6 is 0 Å². The van der Waals surface area contributed by atoms with E-state index in [1.807, 2.05) is 0 Å². The lowest BCUT2D eigenvalue weighted by molar-refractivity contribution is -0.274. The van der Waals surface area contributed by atoms with Gasteiger partial charge >= 0.3 is 6.36 Å². The van der Waals surface area contributed by atoms with E-state index in [0.29, 0.717) is 23.6 Å². The second kappa shape index (κ2) is 8.30. The monoisotopic (exact) mass is 381 g/mol. The van der Waals surface area contributed by atoms with E-state index in [1.165, 1.54) is 12.1 Å². The van der Waals surface area contributed by atoms with Gasteiger partial charge in [-0.25, -0.2) is 0 Å². The summed E-state index contributed by atoms with van der Waals surface area (Å²) in [5.74, 6) is -0.209.